The van der Waals surface area contributed by atoms with Gasteiger partial charge in [-0.2, -0.15) is 0 Å². The number of amides is 1. The molecule has 0 aliphatic heterocycles. The van der Waals surface area contributed by atoms with Crippen molar-refractivity contribution in [3.05, 3.63) is 54.6 Å². The van der Waals surface area contributed by atoms with Crippen LogP contribution in [0.4, 0.5) is 4.79 Å². The van der Waals surface area contributed by atoms with Gasteiger partial charge in [0.1, 0.15) is 0 Å². The summed E-state index contributed by atoms with van der Waals surface area (Å²) in [4.78, 5) is 11.1. The van der Waals surface area contributed by atoms with Crippen LogP contribution in [0, 0.1) is 0 Å². The molecule has 0 bridgehead atoms. The highest BCUT2D eigenvalue weighted by Gasteiger charge is 2.08. The largest absolute Gasteiger partial charge is 0.453 e. The minimum absolute atomic E-state index is 0.0231. The van der Waals surface area contributed by atoms with Gasteiger partial charge in [0.05, 0.1) is 7.11 Å². The van der Waals surface area contributed by atoms with Crippen LogP contribution in [0.15, 0.2) is 49.1 Å². The third-order valence-corrected chi connectivity index (χ3v) is 2.49. The maximum atomic E-state index is 11.1. The second-order valence-electron chi connectivity index (χ2n) is 3.91. The molecule has 0 spiro atoms. The summed E-state index contributed by atoms with van der Waals surface area (Å²) in [5.74, 6) is 0. The van der Waals surface area contributed by atoms with E-state index in [0.29, 0.717) is 6.42 Å². The summed E-state index contributed by atoms with van der Waals surface area (Å²) >= 11 is 0. The zero-order valence-corrected chi connectivity index (χ0v) is 10.6. The van der Waals surface area contributed by atoms with Crippen molar-refractivity contribution >= 4 is 12.2 Å². The number of hydrogen-bond donors (Lipinski definition) is 1. The Morgan fingerprint density at radius 3 is 2.72 bits per heavy atom. The molecule has 3 nitrogen and oxygen atoms in total. The summed E-state index contributed by atoms with van der Waals surface area (Å²) in [7, 11) is 1.36. The highest BCUT2D eigenvalue weighted by Crippen LogP contribution is 2.05. The predicted octanol–water partition coefficient (Wildman–Crippen LogP) is 3.39. The first-order valence-corrected chi connectivity index (χ1v) is 5.93. The molecule has 0 radical (unpaired) electrons. The van der Waals surface area contributed by atoms with Crippen LogP contribution in [-0.4, -0.2) is 19.2 Å². The Labute approximate surface area is 108 Å². The van der Waals surface area contributed by atoms with Crippen molar-refractivity contribution in [3.8, 4) is 0 Å². The van der Waals surface area contributed by atoms with Gasteiger partial charge in [0.15, 0.2) is 0 Å². The van der Waals surface area contributed by atoms with E-state index in [1.807, 2.05) is 42.5 Å². The van der Waals surface area contributed by atoms with Crippen molar-refractivity contribution in [1.29, 1.82) is 0 Å². The van der Waals surface area contributed by atoms with Crippen molar-refractivity contribution in [2.24, 2.45) is 0 Å². The summed E-state index contributed by atoms with van der Waals surface area (Å²) < 4.78 is 4.58. The highest BCUT2D eigenvalue weighted by molar-refractivity contribution is 5.67. The topological polar surface area (TPSA) is 38.3 Å². The van der Waals surface area contributed by atoms with Gasteiger partial charge in [-0.05, 0) is 18.4 Å². The van der Waals surface area contributed by atoms with Crippen LogP contribution in [0.5, 0.6) is 0 Å². The second-order valence-corrected chi connectivity index (χ2v) is 3.91. The average molecular weight is 245 g/mol. The van der Waals surface area contributed by atoms with Crippen molar-refractivity contribution in [2.45, 2.75) is 18.9 Å². The molecule has 96 valence electrons. The lowest BCUT2D eigenvalue weighted by Crippen LogP contribution is -2.33. The Morgan fingerprint density at radius 1 is 1.39 bits per heavy atom. The van der Waals surface area contributed by atoms with Crippen LogP contribution in [-0.2, 0) is 4.74 Å². The summed E-state index contributed by atoms with van der Waals surface area (Å²) in [5.41, 5.74) is 1.15. The minimum atomic E-state index is -0.407. The number of benzene rings is 1. The lowest BCUT2D eigenvalue weighted by Gasteiger charge is -2.13. The summed E-state index contributed by atoms with van der Waals surface area (Å²) in [6.45, 7) is 3.68. The Kier molecular flexibility index (Phi) is 6.33. The van der Waals surface area contributed by atoms with E-state index in [4.69, 9.17) is 0 Å². The van der Waals surface area contributed by atoms with E-state index in [9.17, 15) is 4.79 Å². The molecule has 0 saturated heterocycles. The standard InChI is InChI=1S/C15H19NO2/c1-3-8-14(16-15(17)18-2)12-7-11-13-9-5-4-6-10-13/h3-7,9-11,14H,1,8,12H2,2H3,(H,16,17)/b11-7+/t14-/m1/s1. The van der Waals surface area contributed by atoms with E-state index < -0.39 is 6.09 Å². The first-order chi connectivity index (χ1) is 8.76. The molecule has 0 saturated carbocycles. The van der Waals surface area contributed by atoms with E-state index >= 15 is 0 Å². The Balaban J connectivity index is 2.48. The SMILES string of the molecule is C=CC[C@H](C/C=C/c1ccccc1)NC(=O)OC. The Hall–Kier alpha value is -2.03. The molecule has 0 heterocycles. The minimum Gasteiger partial charge on any atom is -0.453 e. The van der Waals surface area contributed by atoms with Crippen LogP contribution in [0.3, 0.4) is 0 Å². The van der Waals surface area contributed by atoms with Gasteiger partial charge in [-0.1, -0.05) is 48.6 Å². The fraction of sp³-hybridized carbons (Fsp3) is 0.267. The molecule has 1 atom stereocenters. The molecule has 0 unspecified atom stereocenters. The molecule has 1 N–H and O–H groups in total. The number of hydrogen-bond acceptors (Lipinski definition) is 2. The van der Waals surface area contributed by atoms with Gasteiger partial charge in [-0.3, -0.25) is 0 Å². The summed E-state index contributed by atoms with van der Waals surface area (Å²) in [5, 5.41) is 2.77. The quantitative estimate of drug-likeness (QED) is 0.780. The maximum Gasteiger partial charge on any atom is 0.407 e. The van der Waals surface area contributed by atoms with E-state index in [2.05, 4.69) is 16.6 Å². The van der Waals surface area contributed by atoms with E-state index in [0.717, 1.165) is 12.0 Å². The normalized spacial score (nSPS) is 12.1. The van der Waals surface area contributed by atoms with Crippen molar-refractivity contribution < 1.29 is 9.53 Å². The molecule has 1 aromatic carbocycles. The average Bonchev–Trinajstić information content (AvgIpc) is 2.40. The third kappa shape index (κ3) is 5.34. The van der Waals surface area contributed by atoms with Gasteiger partial charge in [0.25, 0.3) is 0 Å². The summed E-state index contributed by atoms with van der Waals surface area (Å²) in [6.07, 6.45) is 6.92. The number of alkyl carbamates (subject to hydrolysis) is 1. The Morgan fingerprint density at radius 2 is 2.11 bits per heavy atom. The first kappa shape index (κ1) is 14.0. The van der Waals surface area contributed by atoms with Crippen molar-refractivity contribution in [1.82, 2.24) is 5.32 Å². The molecular weight excluding hydrogens is 226 g/mol. The van der Waals surface area contributed by atoms with Crippen molar-refractivity contribution in [2.75, 3.05) is 7.11 Å². The number of nitrogens with one attached hydrogen (secondary N) is 1. The number of methoxy groups -OCH3 is 1. The number of ether oxygens (including phenoxy) is 1. The van der Waals surface area contributed by atoms with Gasteiger partial charge in [0.2, 0.25) is 0 Å². The summed E-state index contributed by atoms with van der Waals surface area (Å²) in [6, 6.07) is 10.1. The second kappa shape index (κ2) is 8.12. The van der Waals surface area contributed by atoms with Crippen LogP contribution in [0.25, 0.3) is 6.08 Å². The van der Waals surface area contributed by atoms with E-state index in [1.54, 1.807) is 6.08 Å². The highest BCUT2D eigenvalue weighted by atomic mass is 16.5. The monoisotopic (exact) mass is 245 g/mol. The fourth-order valence-corrected chi connectivity index (χ4v) is 1.57. The first-order valence-electron chi connectivity index (χ1n) is 5.93. The predicted molar refractivity (Wildman–Crippen MR) is 74.2 cm³/mol. The third-order valence-electron chi connectivity index (χ3n) is 2.49. The molecule has 1 aromatic rings. The maximum absolute atomic E-state index is 11.1. The van der Waals surface area contributed by atoms with Gasteiger partial charge in [0, 0.05) is 6.04 Å². The van der Waals surface area contributed by atoms with Crippen LogP contribution >= 0.6 is 0 Å². The van der Waals surface area contributed by atoms with Crippen LogP contribution in [0.2, 0.25) is 0 Å². The molecule has 1 amide bonds. The molecule has 0 fully saturated rings. The van der Waals surface area contributed by atoms with Gasteiger partial charge in [-0.25, -0.2) is 4.79 Å². The smallest absolute Gasteiger partial charge is 0.407 e. The zero-order valence-electron chi connectivity index (χ0n) is 10.6. The van der Waals surface area contributed by atoms with Crippen LogP contribution < -0.4 is 5.32 Å². The molecule has 3 heteroatoms. The number of carbonyl (C=O) groups excluding carboxylic acids is 1. The van der Waals surface area contributed by atoms with E-state index in [-0.39, 0.29) is 6.04 Å². The number of rotatable bonds is 6. The zero-order chi connectivity index (χ0) is 13.2. The lowest BCUT2D eigenvalue weighted by atomic mass is 10.1. The molecular formula is C15H19NO2. The van der Waals surface area contributed by atoms with Gasteiger partial charge < -0.3 is 10.1 Å². The van der Waals surface area contributed by atoms with Gasteiger partial charge >= 0.3 is 6.09 Å². The molecule has 0 aliphatic carbocycles. The van der Waals surface area contributed by atoms with Crippen LogP contribution in [0.1, 0.15) is 18.4 Å². The fourth-order valence-electron chi connectivity index (χ4n) is 1.57. The van der Waals surface area contributed by atoms with Crippen molar-refractivity contribution in [3.63, 3.8) is 0 Å². The molecule has 0 aromatic heterocycles. The molecule has 18 heavy (non-hydrogen) atoms. The van der Waals surface area contributed by atoms with Gasteiger partial charge in [-0.15, -0.1) is 6.58 Å². The Bertz CT molecular complexity index is 398. The van der Waals surface area contributed by atoms with E-state index in [1.165, 1.54) is 7.11 Å². The molecule has 0 aliphatic rings. The molecule has 1 rings (SSSR count). The number of carbonyl (C=O) groups is 1. The lowest BCUT2D eigenvalue weighted by molar-refractivity contribution is 0.166.